The molecule has 2 rings (SSSR count). The predicted octanol–water partition coefficient (Wildman–Crippen LogP) is 1.88. The van der Waals surface area contributed by atoms with Crippen molar-refractivity contribution in [2.24, 2.45) is 0 Å². The molecule has 0 aromatic heterocycles. The van der Waals surface area contributed by atoms with E-state index < -0.39 is 5.97 Å². The third-order valence-electron chi connectivity index (χ3n) is 4.31. The smallest absolute Gasteiger partial charge is 0.305 e. The maximum absolute atomic E-state index is 11.1. The van der Waals surface area contributed by atoms with Crippen molar-refractivity contribution in [3.8, 4) is 0 Å². The Balaban J connectivity index is 2.02. The summed E-state index contributed by atoms with van der Waals surface area (Å²) in [5.41, 5.74) is -0.114. The van der Waals surface area contributed by atoms with E-state index in [1.54, 1.807) is 7.11 Å². The highest BCUT2D eigenvalue weighted by molar-refractivity contribution is 5.68. The summed E-state index contributed by atoms with van der Waals surface area (Å²) in [5.74, 6) is -0.677. The molecule has 2 fully saturated rings. The Morgan fingerprint density at radius 2 is 1.88 bits per heavy atom. The van der Waals surface area contributed by atoms with Gasteiger partial charge in [-0.2, -0.15) is 0 Å². The Kier molecular flexibility index (Phi) is 4.05. The maximum atomic E-state index is 11.1. The van der Waals surface area contributed by atoms with Crippen molar-refractivity contribution in [2.45, 2.75) is 56.6 Å². The molecule has 4 heteroatoms. The number of rotatable bonds is 4. The summed E-state index contributed by atoms with van der Waals surface area (Å²) in [4.78, 5) is 13.5. The van der Waals surface area contributed by atoms with Gasteiger partial charge in [0.2, 0.25) is 0 Å². The van der Waals surface area contributed by atoms with Crippen LogP contribution in [0, 0.1) is 0 Å². The Bertz CT molecular complexity index is 266. The van der Waals surface area contributed by atoms with Crippen LogP contribution in [0.3, 0.4) is 0 Å². The zero-order valence-electron chi connectivity index (χ0n) is 10.7. The molecule has 1 aliphatic heterocycles. The van der Waals surface area contributed by atoms with Gasteiger partial charge in [-0.3, -0.25) is 9.69 Å². The number of carboxylic acids is 1. The largest absolute Gasteiger partial charge is 0.481 e. The van der Waals surface area contributed by atoms with E-state index in [2.05, 4.69) is 4.90 Å². The van der Waals surface area contributed by atoms with E-state index in [1.807, 2.05) is 0 Å². The third kappa shape index (κ3) is 2.80. The highest BCUT2D eigenvalue weighted by atomic mass is 16.5. The SMILES string of the molecule is COC1CC(CC(=O)O)(N2CCCCCC2)C1. The average Bonchev–Trinajstić information content (AvgIpc) is 2.50. The molecule has 0 radical (unpaired) electrons. The fourth-order valence-electron chi connectivity index (χ4n) is 3.30. The van der Waals surface area contributed by atoms with Crippen molar-refractivity contribution < 1.29 is 14.6 Å². The molecule has 0 aromatic carbocycles. The zero-order valence-corrected chi connectivity index (χ0v) is 10.7. The fourth-order valence-corrected chi connectivity index (χ4v) is 3.30. The summed E-state index contributed by atoms with van der Waals surface area (Å²) in [5, 5.41) is 9.11. The number of methoxy groups -OCH3 is 1. The summed E-state index contributed by atoms with van der Waals surface area (Å²) in [6.45, 7) is 2.12. The molecular weight excluding hydrogens is 218 g/mol. The molecular formula is C13H23NO3. The Morgan fingerprint density at radius 3 is 2.35 bits per heavy atom. The second-order valence-corrected chi connectivity index (χ2v) is 5.46. The molecule has 0 atom stereocenters. The van der Waals surface area contributed by atoms with Crippen LogP contribution >= 0.6 is 0 Å². The van der Waals surface area contributed by atoms with Gasteiger partial charge < -0.3 is 9.84 Å². The number of likely N-dealkylation sites (tertiary alicyclic amines) is 1. The van der Waals surface area contributed by atoms with Crippen LogP contribution in [-0.4, -0.2) is 47.8 Å². The van der Waals surface area contributed by atoms with Gasteiger partial charge in [-0.05, 0) is 38.8 Å². The van der Waals surface area contributed by atoms with Gasteiger partial charge >= 0.3 is 5.97 Å². The van der Waals surface area contributed by atoms with Crippen molar-refractivity contribution in [3.05, 3.63) is 0 Å². The van der Waals surface area contributed by atoms with Crippen LogP contribution in [0.5, 0.6) is 0 Å². The molecule has 0 spiro atoms. The van der Waals surface area contributed by atoms with Gasteiger partial charge in [0.1, 0.15) is 0 Å². The lowest BCUT2D eigenvalue weighted by atomic mass is 9.70. The molecule has 0 unspecified atom stereocenters. The highest BCUT2D eigenvalue weighted by Gasteiger charge is 2.49. The van der Waals surface area contributed by atoms with Gasteiger partial charge in [0.05, 0.1) is 12.5 Å². The normalized spacial score (nSPS) is 35.0. The molecule has 17 heavy (non-hydrogen) atoms. The van der Waals surface area contributed by atoms with Crippen LogP contribution < -0.4 is 0 Å². The van der Waals surface area contributed by atoms with Gasteiger partial charge in [-0.15, -0.1) is 0 Å². The van der Waals surface area contributed by atoms with Crippen LogP contribution in [-0.2, 0) is 9.53 Å². The molecule has 4 nitrogen and oxygen atoms in total. The minimum Gasteiger partial charge on any atom is -0.481 e. The molecule has 1 N–H and O–H groups in total. The topological polar surface area (TPSA) is 49.8 Å². The summed E-state index contributed by atoms with van der Waals surface area (Å²) in [6.07, 6.45) is 7.29. The molecule has 0 bridgehead atoms. The number of hydrogen-bond acceptors (Lipinski definition) is 3. The minimum absolute atomic E-state index is 0.114. The number of nitrogens with zero attached hydrogens (tertiary/aromatic N) is 1. The predicted molar refractivity (Wildman–Crippen MR) is 65.1 cm³/mol. The van der Waals surface area contributed by atoms with Crippen LogP contribution in [0.15, 0.2) is 0 Å². The van der Waals surface area contributed by atoms with E-state index in [0.29, 0.717) is 0 Å². The van der Waals surface area contributed by atoms with E-state index in [9.17, 15) is 4.79 Å². The van der Waals surface area contributed by atoms with Crippen molar-refractivity contribution in [1.82, 2.24) is 4.90 Å². The molecule has 2 aliphatic rings. The van der Waals surface area contributed by atoms with Gasteiger partial charge in [-0.1, -0.05) is 12.8 Å². The summed E-state index contributed by atoms with van der Waals surface area (Å²) in [6, 6.07) is 0. The van der Waals surface area contributed by atoms with Crippen LogP contribution in [0.2, 0.25) is 0 Å². The van der Waals surface area contributed by atoms with Crippen LogP contribution in [0.1, 0.15) is 44.9 Å². The van der Waals surface area contributed by atoms with Crippen LogP contribution in [0.25, 0.3) is 0 Å². The first kappa shape index (κ1) is 12.8. The second kappa shape index (κ2) is 5.36. The summed E-state index contributed by atoms with van der Waals surface area (Å²) < 4.78 is 5.33. The molecule has 0 amide bonds. The third-order valence-corrected chi connectivity index (χ3v) is 4.31. The lowest BCUT2D eigenvalue weighted by Gasteiger charge is -2.53. The lowest BCUT2D eigenvalue weighted by Crippen LogP contribution is -2.61. The van der Waals surface area contributed by atoms with Crippen molar-refractivity contribution >= 4 is 5.97 Å². The van der Waals surface area contributed by atoms with Gasteiger partial charge in [-0.25, -0.2) is 0 Å². The maximum Gasteiger partial charge on any atom is 0.305 e. The first-order valence-electron chi connectivity index (χ1n) is 6.66. The standard InChI is InChI=1S/C13H23NO3/c1-17-11-8-13(9-11,10-12(15)16)14-6-4-2-3-5-7-14/h11H,2-10H2,1H3,(H,15,16). The number of aliphatic carboxylic acids is 1. The second-order valence-electron chi connectivity index (χ2n) is 5.46. The van der Waals surface area contributed by atoms with E-state index >= 15 is 0 Å². The zero-order chi connectivity index (χ0) is 12.3. The average molecular weight is 241 g/mol. The Morgan fingerprint density at radius 1 is 1.29 bits per heavy atom. The van der Waals surface area contributed by atoms with E-state index in [1.165, 1.54) is 25.7 Å². The van der Waals surface area contributed by atoms with Crippen molar-refractivity contribution in [1.29, 1.82) is 0 Å². The summed E-state index contributed by atoms with van der Waals surface area (Å²) >= 11 is 0. The van der Waals surface area contributed by atoms with Crippen molar-refractivity contribution in [3.63, 3.8) is 0 Å². The molecule has 1 saturated heterocycles. The van der Waals surface area contributed by atoms with Gasteiger partial charge in [0.15, 0.2) is 0 Å². The molecule has 0 aromatic rings. The Hall–Kier alpha value is -0.610. The quantitative estimate of drug-likeness (QED) is 0.816. The van der Waals surface area contributed by atoms with Crippen LogP contribution in [0.4, 0.5) is 0 Å². The molecule has 98 valence electrons. The van der Waals surface area contributed by atoms with Crippen molar-refractivity contribution in [2.75, 3.05) is 20.2 Å². The summed E-state index contributed by atoms with van der Waals surface area (Å²) in [7, 11) is 1.72. The van der Waals surface area contributed by atoms with Gasteiger partial charge in [0.25, 0.3) is 0 Å². The highest BCUT2D eigenvalue weighted by Crippen LogP contribution is 2.43. The Labute approximate surface area is 103 Å². The van der Waals surface area contributed by atoms with E-state index in [4.69, 9.17) is 9.84 Å². The number of carbonyl (C=O) groups is 1. The van der Waals surface area contributed by atoms with E-state index in [-0.39, 0.29) is 18.1 Å². The lowest BCUT2D eigenvalue weighted by molar-refractivity contribution is -0.149. The van der Waals surface area contributed by atoms with Gasteiger partial charge in [0, 0.05) is 12.6 Å². The number of carboxylic acid groups (broad SMARTS) is 1. The number of ether oxygens (including phenoxy) is 1. The monoisotopic (exact) mass is 241 g/mol. The molecule has 1 aliphatic carbocycles. The first-order valence-corrected chi connectivity index (χ1v) is 6.66. The molecule has 1 heterocycles. The number of hydrogen-bond donors (Lipinski definition) is 1. The van der Waals surface area contributed by atoms with E-state index in [0.717, 1.165) is 25.9 Å². The minimum atomic E-state index is -0.677. The first-order chi connectivity index (χ1) is 8.16. The molecule has 1 saturated carbocycles. The fraction of sp³-hybridized carbons (Fsp3) is 0.923.